The summed E-state index contributed by atoms with van der Waals surface area (Å²) < 4.78 is 29.9. The van der Waals surface area contributed by atoms with Crippen LogP contribution in [0.2, 0.25) is 5.02 Å². The van der Waals surface area contributed by atoms with Gasteiger partial charge in [0.25, 0.3) is 10.1 Å². The van der Waals surface area contributed by atoms with E-state index in [1.165, 1.54) is 24.3 Å². The van der Waals surface area contributed by atoms with E-state index in [0.29, 0.717) is 11.4 Å². The Morgan fingerprint density at radius 3 is 2.30 bits per heavy atom. The summed E-state index contributed by atoms with van der Waals surface area (Å²) in [6.45, 7) is 1.67. The van der Waals surface area contributed by atoms with Gasteiger partial charge in [-0.25, -0.2) is 0 Å². The van der Waals surface area contributed by atoms with Crippen LogP contribution in [0.3, 0.4) is 0 Å². The Kier molecular flexibility index (Phi) is 5.84. The van der Waals surface area contributed by atoms with Gasteiger partial charge in [0.2, 0.25) is 0 Å². The summed E-state index contributed by atoms with van der Waals surface area (Å²) >= 11 is 5.77. The van der Waals surface area contributed by atoms with E-state index in [1.807, 2.05) is 30.3 Å². The Labute approximate surface area is 142 Å². The molecule has 0 saturated heterocycles. The van der Waals surface area contributed by atoms with Gasteiger partial charge in [0, 0.05) is 5.02 Å². The molecular weight excluding hydrogens is 332 g/mol. The van der Waals surface area contributed by atoms with Crippen LogP contribution >= 0.6 is 11.6 Å². The average molecular weight is 349 g/mol. The number of hydrogen-bond donors (Lipinski definition) is 0. The Morgan fingerprint density at radius 2 is 1.74 bits per heavy atom. The van der Waals surface area contributed by atoms with Gasteiger partial charge in [0.15, 0.2) is 0 Å². The van der Waals surface area contributed by atoms with Crippen molar-refractivity contribution in [2.45, 2.75) is 24.3 Å². The van der Waals surface area contributed by atoms with Crippen molar-refractivity contribution in [2.24, 2.45) is 5.92 Å². The number of terminal acetylenes is 1. The van der Waals surface area contributed by atoms with E-state index in [0.717, 1.165) is 5.56 Å². The third-order valence-electron chi connectivity index (χ3n) is 3.46. The van der Waals surface area contributed by atoms with Crippen LogP contribution in [0.25, 0.3) is 0 Å². The molecule has 0 saturated carbocycles. The minimum absolute atomic E-state index is 0.0595. The zero-order valence-electron chi connectivity index (χ0n) is 12.6. The van der Waals surface area contributed by atoms with Crippen molar-refractivity contribution in [3.05, 3.63) is 65.2 Å². The molecule has 0 aliphatic heterocycles. The highest BCUT2D eigenvalue weighted by Gasteiger charge is 2.24. The monoisotopic (exact) mass is 348 g/mol. The van der Waals surface area contributed by atoms with Crippen molar-refractivity contribution in [1.82, 2.24) is 0 Å². The molecular formula is C18H17ClO3S. The van der Waals surface area contributed by atoms with Crippen LogP contribution in [0.4, 0.5) is 0 Å². The van der Waals surface area contributed by atoms with Gasteiger partial charge >= 0.3 is 0 Å². The molecule has 3 nitrogen and oxygen atoms in total. The van der Waals surface area contributed by atoms with Gasteiger partial charge < -0.3 is 0 Å². The number of halogens is 1. The minimum Gasteiger partial charge on any atom is -0.262 e. The molecule has 0 heterocycles. The summed E-state index contributed by atoms with van der Waals surface area (Å²) in [5, 5.41) is 0.461. The third kappa shape index (κ3) is 4.84. The summed E-state index contributed by atoms with van der Waals surface area (Å²) in [4.78, 5) is 0.0595. The van der Waals surface area contributed by atoms with Gasteiger partial charge in [-0.3, -0.25) is 4.18 Å². The molecule has 2 rings (SSSR count). The zero-order chi connectivity index (χ0) is 16.9. The largest absolute Gasteiger partial charge is 0.297 e. The van der Waals surface area contributed by atoms with E-state index in [2.05, 4.69) is 5.92 Å². The molecule has 2 atom stereocenters. The lowest BCUT2D eigenvalue weighted by molar-refractivity contribution is 0.187. The number of hydrogen-bond acceptors (Lipinski definition) is 3. The molecule has 120 valence electrons. The van der Waals surface area contributed by atoms with Crippen LogP contribution < -0.4 is 0 Å². The topological polar surface area (TPSA) is 43.4 Å². The van der Waals surface area contributed by atoms with E-state index >= 15 is 0 Å². The lowest BCUT2D eigenvalue weighted by atomic mass is 9.96. The smallest absolute Gasteiger partial charge is 0.262 e. The molecule has 2 aromatic carbocycles. The standard InChI is InChI=1S/C18H17ClO3S/c1-3-16(13-15-7-5-4-6-8-15)14(2)22-23(20,21)18-11-9-17(19)10-12-18/h1,4-12,14,16H,13H2,2H3/t14-,16+/m0/s1. The fourth-order valence-corrected chi connectivity index (χ4v) is 3.39. The molecule has 23 heavy (non-hydrogen) atoms. The predicted octanol–water partition coefficient (Wildman–Crippen LogP) is 3.93. The molecule has 2 aromatic rings. The second-order valence-electron chi connectivity index (χ2n) is 5.17. The van der Waals surface area contributed by atoms with Crippen LogP contribution in [0.15, 0.2) is 59.5 Å². The SMILES string of the molecule is C#C[C@H](Cc1ccccc1)[C@H](C)OS(=O)(=O)c1ccc(Cl)cc1. The van der Waals surface area contributed by atoms with Gasteiger partial charge in [0.1, 0.15) is 0 Å². The number of rotatable bonds is 6. The second kappa shape index (κ2) is 7.65. The highest BCUT2D eigenvalue weighted by atomic mass is 35.5. The zero-order valence-corrected chi connectivity index (χ0v) is 14.2. The molecule has 0 N–H and O–H groups in total. The third-order valence-corrected chi connectivity index (χ3v) is 5.12. The first-order valence-corrected chi connectivity index (χ1v) is 8.90. The fraction of sp³-hybridized carbons (Fsp3) is 0.222. The van der Waals surface area contributed by atoms with Crippen molar-refractivity contribution in [3.8, 4) is 12.3 Å². The predicted molar refractivity (Wildman–Crippen MR) is 91.7 cm³/mol. The first kappa shape index (κ1) is 17.6. The Bertz CT molecular complexity index is 777. The molecule has 0 bridgehead atoms. The minimum atomic E-state index is -3.88. The molecule has 0 amide bonds. The summed E-state index contributed by atoms with van der Waals surface area (Å²) in [5.74, 6) is 2.28. The number of benzene rings is 2. The normalized spacial score (nSPS) is 14.0. The highest BCUT2D eigenvalue weighted by molar-refractivity contribution is 7.86. The van der Waals surface area contributed by atoms with Crippen molar-refractivity contribution < 1.29 is 12.6 Å². The van der Waals surface area contributed by atoms with Gasteiger partial charge in [-0.05, 0) is 43.2 Å². The van der Waals surface area contributed by atoms with Crippen molar-refractivity contribution in [2.75, 3.05) is 0 Å². The maximum Gasteiger partial charge on any atom is 0.297 e. The Morgan fingerprint density at radius 1 is 1.13 bits per heavy atom. The van der Waals surface area contributed by atoms with Crippen LogP contribution in [0, 0.1) is 18.3 Å². The molecule has 0 aromatic heterocycles. The van der Waals surface area contributed by atoms with Crippen LogP contribution in [0.5, 0.6) is 0 Å². The summed E-state index contributed by atoms with van der Waals surface area (Å²) in [6, 6.07) is 15.5. The lowest BCUT2D eigenvalue weighted by Gasteiger charge is -2.19. The Balaban J connectivity index is 2.11. The summed E-state index contributed by atoms with van der Waals surface area (Å²) in [6.07, 6.45) is 5.47. The fourth-order valence-electron chi connectivity index (χ4n) is 2.15. The average Bonchev–Trinajstić information content (AvgIpc) is 2.53. The van der Waals surface area contributed by atoms with Crippen molar-refractivity contribution in [1.29, 1.82) is 0 Å². The molecule has 0 aliphatic carbocycles. The first-order valence-electron chi connectivity index (χ1n) is 7.11. The highest BCUT2D eigenvalue weighted by Crippen LogP contribution is 2.21. The van der Waals surface area contributed by atoms with Gasteiger partial charge in [-0.2, -0.15) is 8.42 Å². The van der Waals surface area contributed by atoms with E-state index in [9.17, 15) is 8.42 Å². The molecule has 0 spiro atoms. The maximum absolute atomic E-state index is 12.3. The second-order valence-corrected chi connectivity index (χ2v) is 7.18. The summed E-state index contributed by atoms with van der Waals surface area (Å²) in [7, 11) is -3.88. The molecule has 5 heteroatoms. The molecule has 0 fully saturated rings. The van der Waals surface area contributed by atoms with Crippen LogP contribution in [0.1, 0.15) is 12.5 Å². The first-order chi connectivity index (χ1) is 10.9. The van der Waals surface area contributed by atoms with Crippen molar-refractivity contribution >= 4 is 21.7 Å². The van der Waals surface area contributed by atoms with E-state index < -0.39 is 16.2 Å². The van der Waals surface area contributed by atoms with Gasteiger partial charge in [-0.1, -0.05) is 41.9 Å². The molecule has 0 aliphatic rings. The van der Waals surface area contributed by atoms with E-state index in [4.69, 9.17) is 22.2 Å². The molecule has 0 unspecified atom stereocenters. The lowest BCUT2D eigenvalue weighted by Crippen LogP contribution is -2.25. The Hall–Kier alpha value is -1.80. The van der Waals surface area contributed by atoms with Crippen LogP contribution in [-0.2, 0) is 20.7 Å². The van der Waals surface area contributed by atoms with Crippen LogP contribution in [-0.4, -0.2) is 14.5 Å². The van der Waals surface area contributed by atoms with E-state index in [-0.39, 0.29) is 10.8 Å². The summed E-state index contributed by atoms with van der Waals surface area (Å²) in [5.41, 5.74) is 1.04. The molecule has 0 radical (unpaired) electrons. The quantitative estimate of drug-likeness (QED) is 0.587. The van der Waals surface area contributed by atoms with Crippen molar-refractivity contribution in [3.63, 3.8) is 0 Å². The van der Waals surface area contributed by atoms with E-state index in [1.54, 1.807) is 6.92 Å². The maximum atomic E-state index is 12.3. The van der Waals surface area contributed by atoms with Gasteiger partial charge in [0.05, 0.1) is 16.9 Å². The van der Waals surface area contributed by atoms with Gasteiger partial charge in [-0.15, -0.1) is 12.3 Å².